The summed E-state index contributed by atoms with van der Waals surface area (Å²) in [5.74, 6) is -0.798. The number of benzene rings is 2. The van der Waals surface area contributed by atoms with Crippen LogP contribution in [0.15, 0.2) is 42.5 Å². The maximum absolute atomic E-state index is 13.5. The molecule has 0 aliphatic carbocycles. The summed E-state index contributed by atoms with van der Waals surface area (Å²) in [6.45, 7) is 7.62. The highest BCUT2D eigenvalue weighted by Gasteiger charge is 2.30. The molecule has 0 radical (unpaired) electrons. The van der Waals surface area contributed by atoms with Gasteiger partial charge in [-0.25, -0.2) is 8.42 Å². The summed E-state index contributed by atoms with van der Waals surface area (Å²) < 4.78 is 26.3. The lowest BCUT2D eigenvalue weighted by atomic mass is 10.1. The van der Waals surface area contributed by atoms with Crippen LogP contribution in [0.3, 0.4) is 0 Å². The van der Waals surface area contributed by atoms with Crippen molar-refractivity contribution in [1.29, 1.82) is 0 Å². The lowest BCUT2D eigenvalue weighted by Crippen LogP contribution is -2.51. The van der Waals surface area contributed by atoms with E-state index in [-0.39, 0.29) is 12.5 Å². The molecule has 9 heteroatoms. The van der Waals surface area contributed by atoms with E-state index < -0.39 is 28.5 Å². The molecule has 0 saturated heterocycles. The highest BCUT2D eigenvalue weighted by Crippen LogP contribution is 2.23. The minimum absolute atomic E-state index is 0.0748. The van der Waals surface area contributed by atoms with Crippen LogP contribution in [0.5, 0.6) is 0 Å². The monoisotopic (exact) mass is 507 g/mol. The number of carbonyl (C=O) groups is 2. The molecule has 0 fully saturated rings. The number of nitrogens with one attached hydrogen (secondary N) is 1. The number of carbonyl (C=O) groups excluding carboxylic acids is 2. The van der Waals surface area contributed by atoms with Crippen LogP contribution >= 0.6 is 11.6 Å². The molecule has 0 bridgehead atoms. The molecule has 0 saturated carbocycles. The van der Waals surface area contributed by atoms with Crippen LogP contribution < -0.4 is 9.62 Å². The zero-order valence-electron chi connectivity index (χ0n) is 20.5. The van der Waals surface area contributed by atoms with Gasteiger partial charge < -0.3 is 10.2 Å². The largest absolute Gasteiger partial charge is 0.354 e. The number of nitrogens with zero attached hydrogens (tertiary/aromatic N) is 2. The van der Waals surface area contributed by atoms with E-state index in [1.807, 2.05) is 26.8 Å². The van der Waals surface area contributed by atoms with E-state index in [0.717, 1.165) is 34.5 Å². The highest BCUT2D eigenvalue weighted by molar-refractivity contribution is 7.92. The third-order valence-electron chi connectivity index (χ3n) is 5.75. The summed E-state index contributed by atoms with van der Waals surface area (Å²) in [6, 6.07) is 11.5. The average molecular weight is 508 g/mol. The fourth-order valence-corrected chi connectivity index (χ4v) is 4.46. The summed E-state index contributed by atoms with van der Waals surface area (Å²) in [6.07, 6.45) is 2.82. The predicted molar refractivity (Wildman–Crippen MR) is 137 cm³/mol. The molecule has 2 rings (SSSR count). The van der Waals surface area contributed by atoms with E-state index in [4.69, 9.17) is 11.6 Å². The molecule has 1 N–H and O–H groups in total. The number of anilines is 1. The summed E-state index contributed by atoms with van der Waals surface area (Å²) in [5, 5.41) is 3.32. The normalized spacial score (nSPS) is 12.2. The first-order chi connectivity index (χ1) is 16.0. The minimum atomic E-state index is -3.76. The number of hydrogen-bond acceptors (Lipinski definition) is 4. The zero-order valence-corrected chi connectivity index (χ0v) is 22.0. The van der Waals surface area contributed by atoms with Crippen molar-refractivity contribution in [1.82, 2.24) is 10.2 Å². The molecular formula is C25H34ClN3O4S. The highest BCUT2D eigenvalue weighted by atomic mass is 35.5. The van der Waals surface area contributed by atoms with Crippen molar-refractivity contribution in [3.8, 4) is 0 Å². The van der Waals surface area contributed by atoms with Crippen LogP contribution in [-0.4, -0.2) is 50.5 Å². The quantitative estimate of drug-likeness (QED) is 0.465. The van der Waals surface area contributed by atoms with Crippen LogP contribution in [0, 0.1) is 13.8 Å². The maximum Gasteiger partial charge on any atom is 0.244 e. The summed E-state index contributed by atoms with van der Waals surface area (Å²) in [7, 11) is -3.76. The van der Waals surface area contributed by atoms with Gasteiger partial charge in [-0.3, -0.25) is 13.9 Å². The van der Waals surface area contributed by atoms with Gasteiger partial charge in [0.15, 0.2) is 0 Å². The standard InChI is InChI=1S/C25H34ClN3O4S/c1-6-7-14-27-25(31)20(4)28(16-21-10-8-9-11-23(21)26)24(30)17-29(34(5,32)33)22-13-12-18(2)19(3)15-22/h8-13,15,20H,6-7,14,16-17H2,1-5H3,(H,27,31)/t20-/m1/s1. The van der Waals surface area contributed by atoms with Gasteiger partial charge in [-0.05, 0) is 62.1 Å². The maximum atomic E-state index is 13.5. The fraction of sp³-hybridized carbons (Fsp3) is 0.440. The van der Waals surface area contributed by atoms with Gasteiger partial charge in [0.2, 0.25) is 21.8 Å². The lowest BCUT2D eigenvalue weighted by Gasteiger charge is -2.31. The van der Waals surface area contributed by atoms with Gasteiger partial charge in [-0.2, -0.15) is 0 Å². The molecule has 0 aliphatic heterocycles. The van der Waals surface area contributed by atoms with Crippen molar-refractivity contribution < 1.29 is 18.0 Å². The summed E-state index contributed by atoms with van der Waals surface area (Å²) in [4.78, 5) is 27.7. The molecule has 1 atom stereocenters. The molecule has 2 aromatic carbocycles. The zero-order chi connectivity index (χ0) is 25.5. The molecule has 0 spiro atoms. The number of rotatable bonds is 11. The van der Waals surface area contributed by atoms with Crippen molar-refractivity contribution in [2.45, 2.75) is 53.1 Å². The van der Waals surface area contributed by atoms with Crippen molar-refractivity contribution in [3.05, 3.63) is 64.2 Å². The van der Waals surface area contributed by atoms with E-state index in [2.05, 4.69) is 5.32 Å². The molecule has 7 nitrogen and oxygen atoms in total. The van der Waals surface area contributed by atoms with Gasteiger partial charge >= 0.3 is 0 Å². The van der Waals surface area contributed by atoms with Gasteiger partial charge in [-0.1, -0.05) is 49.2 Å². The van der Waals surface area contributed by atoms with E-state index in [1.54, 1.807) is 43.3 Å². The average Bonchev–Trinajstić information content (AvgIpc) is 2.77. The minimum Gasteiger partial charge on any atom is -0.354 e. The van der Waals surface area contributed by atoms with Crippen molar-refractivity contribution >= 4 is 39.1 Å². The van der Waals surface area contributed by atoms with Crippen molar-refractivity contribution in [2.75, 3.05) is 23.7 Å². The van der Waals surface area contributed by atoms with Gasteiger partial charge in [0.1, 0.15) is 12.6 Å². The second-order valence-electron chi connectivity index (χ2n) is 8.47. The Morgan fingerprint density at radius 2 is 1.76 bits per heavy atom. The molecule has 186 valence electrons. The molecule has 0 aromatic heterocycles. The van der Waals surface area contributed by atoms with E-state index in [9.17, 15) is 18.0 Å². The molecule has 0 unspecified atom stereocenters. The Labute approximate surface area is 208 Å². The Morgan fingerprint density at radius 3 is 2.35 bits per heavy atom. The van der Waals surface area contributed by atoms with E-state index in [1.165, 1.54) is 4.90 Å². The Morgan fingerprint density at radius 1 is 1.09 bits per heavy atom. The Kier molecular flexibility index (Phi) is 9.94. The second kappa shape index (κ2) is 12.2. The van der Waals surface area contributed by atoms with Gasteiger partial charge in [-0.15, -0.1) is 0 Å². The summed E-state index contributed by atoms with van der Waals surface area (Å²) in [5.41, 5.74) is 3.00. The Balaban J connectivity index is 2.38. The first-order valence-electron chi connectivity index (χ1n) is 11.3. The molecule has 0 aliphatic rings. The Hall–Kier alpha value is -2.58. The number of amides is 2. The third-order valence-corrected chi connectivity index (χ3v) is 7.26. The van der Waals surface area contributed by atoms with Gasteiger partial charge in [0.25, 0.3) is 0 Å². The van der Waals surface area contributed by atoms with Crippen LogP contribution in [0.2, 0.25) is 5.02 Å². The van der Waals surface area contributed by atoms with Crippen LogP contribution in [0.25, 0.3) is 0 Å². The summed E-state index contributed by atoms with van der Waals surface area (Å²) >= 11 is 6.32. The molecular weight excluding hydrogens is 474 g/mol. The topological polar surface area (TPSA) is 86.8 Å². The SMILES string of the molecule is CCCCNC(=O)[C@@H](C)N(Cc1ccccc1Cl)C(=O)CN(c1ccc(C)c(C)c1)S(C)(=O)=O. The van der Waals surface area contributed by atoms with Crippen molar-refractivity contribution in [3.63, 3.8) is 0 Å². The molecule has 0 heterocycles. The van der Waals surface area contributed by atoms with Crippen LogP contribution in [-0.2, 0) is 26.2 Å². The number of halogens is 1. The number of aryl methyl sites for hydroxylation is 2. The van der Waals surface area contributed by atoms with Gasteiger partial charge in [0, 0.05) is 18.1 Å². The number of unbranched alkanes of at least 4 members (excludes halogenated alkanes) is 1. The lowest BCUT2D eigenvalue weighted by molar-refractivity contribution is -0.139. The predicted octanol–water partition coefficient (Wildman–Crippen LogP) is 4.06. The smallest absolute Gasteiger partial charge is 0.244 e. The third kappa shape index (κ3) is 7.46. The first-order valence-corrected chi connectivity index (χ1v) is 13.5. The first kappa shape index (κ1) is 27.7. The molecule has 2 amide bonds. The fourth-order valence-electron chi connectivity index (χ4n) is 3.42. The second-order valence-corrected chi connectivity index (χ2v) is 10.8. The van der Waals surface area contributed by atoms with Crippen LogP contribution in [0.1, 0.15) is 43.4 Å². The van der Waals surface area contributed by atoms with E-state index >= 15 is 0 Å². The van der Waals surface area contributed by atoms with E-state index in [0.29, 0.717) is 22.8 Å². The molecule has 2 aromatic rings. The molecule has 34 heavy (non-hydrogen) atoms. The van der Waals surface area contributed by atoms with Crippen LogP contribution in [0.4, 0.5) is 5.69 Å². The Bertz CT molecular complexity index is 1120. The van der Waals surface area contributed by atoms with Crippen molar-refractivity contribution in [2.24, 2.45) is 0 Å². The number of sulfonamides is 1. The number of hydrogen-bond donors (Lipinski definition) is 1. The van der Waals surface area contributed by atoms with Gasteiger partial charge in [0.05, 0.1) is 11.9 Å².